The number of hydrogen-bond acceptors (Lipinski definition) is 6. The molecule has 8 heteroatoms. The molecular formula is C20H33NaO6S. The normalized spacial score (nSPS) is 13.0. The molecule has 0 radical (unpaired) electrons. The van der Waals surface area contributed by atoms with Crippen molar-refractivity contribution in [3.8, 4) is 5.75 Å². The minimum Gasteiger partial charge on any atom is -0.747 e. The molecule has 0 aliphatic rings. The Morgan fingerprint density at radius 1 is 0.929 bits per heavy atom. The molecule has 156 valence electrons. The number of para-hydroxylation sites is 1. The number of hydrogen-bond donors (Lipinski definition) is 0. The molecule has 0 spiro atoms. The molecular weight excluding hydrogens is 391 g/mol. The van der Waals surface area contributed by atoms with Gasteiger partial charge < -0.3 is 18.8 Å². The van der Waals surface area contributed by atoms with E-state index < -0.39 is 21.3 Å². The monoisotopic (exact) mass is 424 g/mol. The summed E-state index contributed by atoms with van der Waals surface area (Å²) in [5.74, 6) is -1.56. The Labute approximate surface area is 192 Å². The maximum absolute atomic E-state index is 12.1. The van der Waals surface area contributed by atoms with Crippen LogP contribution in [0.25, 0.3) is 0 Å². The largest absolute Gasteiger partial charge is 1.00 e. The van der Waals surface area contributed by atoms with E-state index in [-0.39, 0.29) is 49.2 Å². The smallest absolute Gasteiger partial charge is 0.747 e. The van der Waals surface area contributed by atoms with E-state index in [9.17, 15) is 13.0 Å². The van der Waals surface area contributed by atoms with Crippen molar-refractivity contribution in [3.63, 3.8) is 0 Å². The fourth-order valence-corrected chi connectivity index (χ4v) is 4.01. The molecule has 1 unspecified atom stereocenters. The third kappa shape index (κ3) is 9.57. The number of benzene rings is 1. The van der Waals surface area contributed by atoms with Gasteiger partial charge in [0.25, 0.3) is 0 Å². The van der Waals surface area contributed by atoms with Gasteiger partial charge in [0.1, 0.15) is 21.1 Å². The second-order valence-electron chi connectivity index (χ2n) is 6.42. The van der Waals surface area contributed by atoms with E-state index in [2.05, 4.69) is 6.92 Å². The van der Waals surface area contributed by atoms with Gasteiger partial charge in [-0.05, 0) is 32.4 Å². The molecule has 0 saturated carbocycles. The molecule has 0 amide bonds. The molecule has 0 heterocycles. The van der Waals surface area contributed by atoms with Crippen LogP contribution in [0.1, 0.15) is 65.7 Å². The van der Waals surface area contributed by atoms with Gasteiger partial charge in [0.2, 0.25) is 0 Å². The minimum absolute atomic E-state index is 0. The van der Waals surface area contributed by atoms with E-state index in [4.69, 9.17) is 14.2 Å². The summed E-state index contributed by atoms with van der Waals surface area (Å²) in [7, 11) is -4.71. The molecule has 0 aliphatic heterocycles. The van der Waals surface area contributed by atoms with Gasteiger partial charge in [0.15, 0.2) is 0 Å². The van der Waals surface area contributed by atoms with Crippen LogP contribution in [0.4, 0.5) is 0 Å². The first-order valence-corrected chi connectivity index (χ1v) is 11.3. The van der Waals surface area contributed by atoms with Crippen LogP contribution in [-0.2, 0) is 19.6 Å². The van der Waals surface area contributed by atoms with E-state index in [0.29, 0.717) is 12.2 Å². The summed E-state index contributed by atoms with van der Waals surface area (Å²) in [6.07, 6.45) is 5.98. The van der Waals surface area contributed by atoms with Crippen LogP contribution in [-0.4, -0.2) is 37.4 Å². The standard InChI is InChI=1S/C20H34O6S.Na/c1-4-7-8-9-10-14-17-19(27(21,22)23)20(24-5-2,25-6-3)26-18-15-12-11-13-16-18;/h11-13,15-16,19H,4-10,14,17H2,1-3H3,(H,21,22,23);/q;+1/p-1. The van der Waals surface area contributed by atoms with E-state index in [1.807, 2.05) is 6.07 Å². The summed E-state index contributed by atoms with van der Waals surface area (Å²) < 4.78 is 53.4. The van der Waals surface area contributed by atoms with Crippen molar-refractivity contribution in [2.75, 3.05) is 13.2 Å². The molecule has 0 aromatic heterocycles. The van der Waals surface area contributed by atoms with E-state index in [1.165, 1.54) is 0 Å². The molecule has 1 rings (SSSR count). The molecule has 0 aliphatic carbocycles. The summed E-state index contributed by atoms with van der Waals surface area (Å²) in [4.78, 5) is 0. The third-order valence-corrected chi connectivity index (χ3v) is 5.48. The molecule has 0 bridgehead atoms. The van der Waals surface area contributed by atoms with Crippen molar-refractivity contribution in [3.05, 3.63) is 30.3 Å². The van der Waals surface area contributed by atoms with Gasteiger partial charge in [-0.2, -0.15) is 0 Å². The topological polar surface area (TPSA) is 84.9 Å². The van der Waals surface area contributed by atoms with Gasteiger partial charge in [-0.3, -0.25) is 0 Å². The Morgan fingerprint density at radius 3 is 1.96 bits per heavy atom. The Balaban J connectivity index is 0.00000729. The summed E-state index contributed by atoms with van der Waals surface area (Å²) in [5.41, 5.74) is 0. The van der Waals surface area contributed by atoms with Crippen LogP contribution >= 0.6 is 0 Å². The first-order chi connectivity index (χ1) is 12.9. The fraction of sp³-hybridized carbons (Fsp3) is 0.700. The first kappa shape index (κ1) is 27.8. The predicted octanol–water partition coefficient (Wildman–Crippen LogP) is 1.46. The fourth-order valence-electron chi connectivity index (χ4n) is 3.02. The molecule has 6 nitrogen and oxygen atoms in total. The van der Waals surface area contributed by atoms with Crippen molar-refractivity contribution in [1.82, 2.24) is 0 Å². The zero-order valence-corrected chi connectivity index (χ0v) is 20.5. The number of rotatable bonds is 15. The first-order valence-electron chi connectivity index (χ1n) is 9.86. The minimum atomic E-state index is -4.71. The zero-order chi connectivity index (χ0) is 20.2. The average molecular weight is 425 g/mol. The Bertz CT molecular complexity index is 602. The zero-order valence-electron chi connectivity index (χ0n) is 17.7. The quantitative estimate of drug-likeness (QED) is 0.183. The predicted molar refractivity (Wildman–Crippen MR) is 105 cm³/mol. The van der Waals surface area contributed by atoms with Gasteiger partial charge in [0, 0.05) is 0 Å². The van der Waals surface area contributed by atoms with Crippen LogP contribution in [0, 0.1) is 0 Å². The van der Waals surface area contributed by atoms with E-state index in [1.54, 1.807) is 38.1 Å². The molecule has 1 aromatic carbocycles. The summed E-state index contributed by atoms with van der Waals surface area (Å²) >= 11 is 0. The Morgan fingerprint density at radius 2 is 1.46 bits per heavy atom. The van der Waals surface area contributed by atoms with Crippen molar-refractivity contribution < 1.29 is 56.7 Å². The molecule has 28 heavy (non-hydrogen) atoms. The van der Waals surface area contributed by atoms with Crippen molar-refractivity contribution in [2.45, 2.75) is 76.9 Å². The Hall–Kier alpha value is -0.150. The van der Waals surface area contributed by atoms with Gasteiger partial charge in [0.05, 0.1) is 13.2 Å². The van der Waals surface area contributed by atoms with Gasteiger partial charge in [-0.1, -0.05) is 63.6 Å². The SMILES string of the molecule is CCCCCCCCC(C(OCC)(OCC)Oc1ccccc1)S(=O)(=O)[O-].[Na+]. The van der Waals surface area contributed by atoms with Crippen LogP contribution in [0.3, 0.4) is 0 Å². The maximum Gasteiger partial charge on any atom is 1.00 e. The Kier molecular flexibility index (Phi) is 14.7. The molecule has 0 N–H and O–H groups in total. The molecule has 1 atom stereocenters. The van der Waals surface area contributed by atoms with Crippen molar-refractivity contribution in [2.24, 2.45) is 0 Å². The number of unbranched alkanes of at least 4 members (excludes halogenated alkanes) is 5. The molecule has 0 saturated heterocycles. The van der Waals surface area contributed by atoms with Gasteiger partial charge in [-0.25, -0.2) is 8.42 Å². The summed E-state index contributed by atoms with van der Waals surface area (Å²) in [5, 5.41) is -1.45. The van der Waals surface area contributed by atoms with Crippen molar-refractivity contribution in [1.29, 1.82) is 0 Å². The second-order valence-corrected chi connectivity index (χ2v) is 7.98. The summed E-state index contributed by atoms with van der Waals surface area (Å²) in [6.45, 7) is 5.85. The maximum atomic E-state index is 12.1. The van der Waals surface area contributed by atoms with Crippen LogP contribution in [0.5, 0.6) is 5.75 Å². The van der Waals surface area contributed by atoms with Crippen molar-refractivity contribution >= 4 is 10.1 Å². The molecule has 1 aromatic rings. The van der Waals surface area contributed by atoms with E-state index >= 15 is 0 Å². The van der Waals surface area contributed by atoms with Gasteiger partial charge in [-0.15, -0.1) is 0 Å². The summed E-state index contributed by atoms with van der Waals surface area (Å²) in [6, 6.07) is 8.67. The van der Waals surface area contributed by atoms with Crippen LogP contribution < -0.4 is 34.3 Å². The van der Waals surface area contributed by atoms with Gasteiger partial charge >= 0.3 is 35.5 Å². The number of ether oxygens (including phenoxy) is 3. The average Bonchev–Trinajstić information content (AvgIpc) is 2.61. The third-order valence-electron chi connectivity index (χ3n) is 4.26. The molecule has 0 fully saturated rings. The van der Waals surface area contributed by atoms with E-state index in [0.717, 1.165) is 32.1 Å². The van der Waals surface area contributed by atoms with Crippen LogP contribution in [0.2, 0.25) is 0 Å². The van der Waals surface area contributed by atoms with Crippen LogP contribution in [0.15, 0.2) is 30.3 Å². The second kappa shape index (κ2) is 14.8.